The Morgan fingerprint density at radius 3 is 2.80 bits per heavy atom. The molecule has 0 aliphatic carbocycles. The highest BCUT2D eigenvalue weighted by Crippen LogP contribution is 2.33. The van der Waals surface area contributed by atoms with Gasteiger partial charge in [0, 0.05) is 51.5 Å². The van der Waals surface area contributed by atoms with Crippen LogP contribution < -0.4 is 4.90 Å². The van der Waals surface area contributed by atoms with Gasteiger partial charge < -0.3 is 14.7 Å². The third-order valence-electron chi connectivity index (χ3n) is 6.06. The SMILES string of the molecule is Cc1cccnc1C1CCCN1C(=O)c1cn2c(N3C=CN(C)CC3)cccc2n1. The number of likely N-dealkylation sites (tertiary alicyclic amines) is 1. The molecule has 30 heavy (non-hydrogen) atoms. The Hall–Kier alpha value is -3.35. The number of anilines is 1. The third-order valence-corrected chi connectivity index (χ3v) is 6.06. The van der Waals surface area contributed by atoms with Crippen LogP contribution in [0.25, 0.3) is 5.65 Å². The molecule has 5 rings (SSSR count). The van der Waals surface area contributed by atoms with Crippen LogP contribution in [0.4, 0.5) is 5.82 Å². The molecule has 0 spiro atoms. The molecule has 0 aromatic carbocycles. The van der Waals surface area contributed by atoms with Gasteiger partial charge in [-0.25, -0.2) is 4.98 Å². The summed E-state index contributed by atoms with van der Waals surface area (Å²) in [5.74, 6) is 0.994. The molecule has 1 unspecified atom stereocenters. The minimum absolute atomic E-state index is 0.0172. The summed E-state index contributed by atoms with van der Waals surface area (Å²) in [7, 11) is 2.07. The molecule has 5 heterocycles. The highest BCUT2D eigenvalue weighted by atomic mass is 16.2. The summed E-state index contributed by atoms with van der Waals surface area (Å²) in [6, 6.07) is 10.0. The van der Waals surface area contributed by atoms with Crippen LogP contribution in [0.1, 0.15) is 40.6 Å². The van der Waals surface area contributed by atoms with Gasteiger partial charge in [0.2, 0.25) is 0 Å². The Kier molecular flexibility index (Phi) is 4.65. The van der Waals surface area contributed by atoms with Gasteiger partial charge in [0.15, 0.2) is 0 Å². The van der Waals surface area contributed by atoms with Gasteiger partial charge in [-0.15, -0.1) is 0 Å². The Labute approximate surface area is 176 Å². The lowest BCUT2D eigenvalue weighted by molar-refractivity contribution is 0.0727. The Morgan fingerprint density at radius 2 is 2.00 bits per heavy atom. The number of aromatic nitrogens is 3. The van der Waals surface area contributed by atoms with E-state index in [0.29, 0.717) is 5.69 Å². The molecule has 7 nitrogen and oxygen atoms in total. The van der Waals surface area contributed by atoms with E-state index in [4.69, 9.17) is 0 Å². The first-order chi connectivity index (χ1) is 14.6. The number of aryl methyl sites for hydroxylation is 1. The first-order valence-corrected chi connectivity index (χ1v) is 10.5. The third kappa shape index (κ3) is 3.20. The number of imidazole rings is 1. The van der Waals surface area contributed by atoms with Gasteiger partial charge in [-0.3, -0.25) is 14.2 Å². The molecule has 0 bridgehead atoms. The van der Waals surface area contributed by atoms with Gasteiger partial charge in [-0.05, 0) is 43.5 Å². The van der Waals surface area contributed by atoms with Crippen LogP contribution in [-0.2, 0) is 0 Å². The second-order valence-electron chi connectivity index (χ2n) is 8.07. The average molecular weight is 403 g/mol. The molecule has 0 N–H and O–H groups in total. The number of pyridine rings is 2. The van der Waals surface area contributed by atoms with Gasteiger partial charge >= 0.3 is 0 Å². The highest BCUT2D eigenvalue weighted by molar-refractivity contribution is 5.93. The standard InChI is InChI=1S/C23H26N6O/c1-17-6-4-10-24-22(17)19-7-5-11-28(19)23(30)18-16-29-20(25-18)8-3-9-21(29)27-14-12-26(2)13-15-27/h3-4,6,8-10,12,14,16,19H,5,7,11,13,15H2,1-2H3. The van der Waals surface area contributed by atoms with Crippen molar-refractivity contribution in [3.05, 3.63) is 72.1 Å². The van der Waals surface area contributed by atoms with Crippen molar-refractivity contribution in [2.45, 2.75) is 25.8 Å². The van der Waals surface area contributed by atoms with E-state index in [1.807, 2.05) is 39.9 Å². The maximum Gasteiger partial charge on any atom is 0.274 e. The normalized spacial score (nSPS) is 19.1. The lowest BCUT2D eigenvalue weighted by Crippen LogP contribution is -2.33. The molecule has 2 aliphatic rings. The van der Waals surface area contributed by atoms with Gasteiger partial charge in [-0.1, -0.05) is 12.1 Å². The zero-order valence-electron chi connectivity index (χ0n) is 17.4. The van der Waals surface area contributed by atoms with Crippen LogP contribution in [-0.4, -0.2) is 56.8 Å². The number of hydrogen-bond acceptors (Lipinski definition) is 5. The van der Waals surface area contributed by atoms with Crippen LogP contribution in [0.5, 0.6) is 0 Å². The number of hydrogen-bond donors (Lipinski definition) is 0. The number of amides is 1. The Morgan fingerprint density at radius 1 is 1.10 bits per heavy atom. The van der Waals surface area contributed by atoms with Crippen molar-refractivity contribution in [2.24, 2.45) is 0 Å². The van der Waals surface area contributed by atoms with E-state index in [2.05, 4.69) is 58.3 Å². The number of likely N-dealkylation sites (N-methyl/N-ethyl adjacent to an activating group) is 1. The topological polar surface area (TPSA) is 57.0 Å². The summed E-state index contributed by atoms with van der Waals surface area (Å²) in [6.45, 7) is 4.64. The molecule has 154 valence electrons. The molecule has 1 fully saturated rings. The smallest absolute Gasteiger partial charge is 0.274 e. The summed E-state index contributed by atoms with van der Waals surface area (Å²) in [5.41, 5.74) is 3.39. The second kappa shape index (κ2) is 7.48. The van der Waals surface area contributed by atoms with E-state index in [-0.39, 0.29) is 11.9 Å². The van der Waals surface area contributed by atoms with Crippen molar-refractivity contribution < 1.29 is 4.79 Å². The lowest BCUT2D eigenvalue weighted by atomic mass is 10.1. The quantitative estimate of drug-likeness (QED) is 0.673. The van der Waals surface area contributed by atoms with Gasteiger partial charge in [0.25, 0.3) is 5.91 Å². The monoisotopic (exact) mass is 402 g/mol. The van der Waals surface area contributed by atoms with Gasteiger partial charge in [0.1, 0.15) is 17.2 Å². The number of rotatable bonds is 3. The number of fused-ring (bicyclic) bond motifs is 1. The molecule has 0 radical (unpaired) electrons. The summed E-state index contributed by atoms with van der Waals surface area (Å²) in [5, 5.41) is 0. The maximum atomic E-state index is 13.4. The molecule has 7 heteroatoms. The molecule has 2 aliphatic heterocycles. The maximum absolute atomic E-state index is 13.4. The van der Waals surface area contributed by atoms with E-state index in [1.54, 1.807) is 0 Å². The van der Waals surface area contributed by atoms with Crippen molar-refractivity contribution in [3.8, 4) is 0 Å². The fourth-order valence-corrected chi connectivity index (χ4v) is 4.42. The first kappa shape index (κ1) is 18.7. The highest BCUT2D eigenvalue weighted by Gasteiger charge is 2.33. The summed E-state index contributed by atoms with van der Waals surface area (Å²) in [6.07, 6.45) is 9.74. The van der Waals surface area contributed by atoms with Crippen molar-refractivity contribution in [2.75, 3.05) is 31.6 Å². The van der Waals surface area contributed by atoms with Crippen molar-refractivity contribution >= 4 is 17.4 Å². The molecule has 3 aromatic heterocycles. The Bertz CT molecular complexity index is 1120. The lowest BCUT2D eigenvalue weighted by Gasteiger charge is -2.29. The molecular weight excluding hydrogens is 376 g/mol. The molecule has 3 aromatic rings. The minimum atomic E-state index is -0.0221. The van der Waals surface area contributed by atoms with Crippen molar-refractivity contribution in [1.82, 2.24) is 24.2 Å². The van der Waals surface area contributed by atoms with Crippen LogP contribution in [0.15, 0.2) is 55.1 Å². The van der Waals surface area contributed by atoms with Crippen molar-refractivity contribution in [3.63, 3.8) is 0 Å². The first-order valence-electron chi connectivity index (χ1n) is 10.5. The van der Waals surface area contributed by atoms with Crippen LogP contribution in [0.3, 0.4) is 0 Å². The van der Waals surface area contributed by atoms with E-state index >= 15 is 0 Å². The second-order valence-corrected chi connectivity index (χ2v) is 8.07. The number of carbonyl (C=O) groups excluding carboxylic acids is 1. The van der Waals surface area contributed by atoms with Gasteiger partial charge in [-0.2, -0.15) is 0 Å². The van der Waals surface area contributed by atoms with E-state index < -0.39 is 0 Å². The van der Waals surface area contributed by atoms with Crippen LogP contribution in [0, 0.1) is 6.92 Å². The van der Waals surface area contributed by atoms with Gasteiger partial charge in [0.05, 0.1) is 11.7 Å². The summed E-state index contributed by atoms with van der Waals surface area (Å²) >= 11 is 0. The minimum Gasteiger partial charge on any atom is -0.377 e. The fourth-order valence-electron chi connectivity index (χ4n) is 4.42. The number of carbonyl (C=O) groups is 1. The molecular formula is C23H26N6O. The predicted molar refractivity (Wildman–Crippen MR) is 116 cm³/mol. The molecule has 1 atom stereocenters. The summed E-state index contributed by atoms with van der Waals surface area (Å²) in [4.78, 5) is 29.0. The number of nitrogens with zero attached hydrogens (tertiary/aromatic N) is 6. The molecule has 0 saturated carbocycles. The predicted octanol–water partition coefficient (Wildman–Crippen LogP) is 3.24. The average Bonchev–Trinajstić information content (AvgIpc) is 3.41. The van der Waals surface area contributed by atoms with Crippen LogP contribution in [0.2, 0.25) is 0 Å². The zero-order chi connectivity index (χ0) is 20.7. The van der Waals surface area contributed by atoms with E-state index in [9.17, 15) is 4.79 Å². The fraction of sp³-hybridized carbons (Fsp3) is 0.348. The molecule has 1 amide bonds. The van der Waals surface area contributed by atoms with E-state index in [0.717, 1.165) is 55.2 Å². The largest absolute Gasteiger partial charge is 0.377 e. The molecule has 1 saturated heterocycles. The van der Waals surface area contributed by atoms with Crippen LogP contribution >= 0.6 is 0 Å². The van der Waals surface area contributed by atoms with E-state index in [1.165, 1.54) is 0 Å². The Balaban J connectivity index is 1.48. The van der Waals surface area contributed by atoms with Crippen molar-refractivity contribution in [1.29, 1.82) is 0 Å². The summed E-state index contributed by atoms with van der Waals surface area (Å²) < 4.78 is 2.01. The zero-order valence-corrected chi connectivity index (χ0v) is 17.4.